The van der Waals surface area contributed by atoms with Gasteiger partial charge >= 0.3 is 5.97 Å². The third-order valence-corrected chi connectivity index (χ3v) is 4.64. The number of hydrogen-bond acceptors (Lipinski definition) is 6. The van der Waals surface area contributed by atoms with E-state index in [4.69, 9.17) is 4.74 Å². The Morgan fingerprint density at radius 3 is 2.44 bits per heavy atom. The highest BCUT2D eigenvalue weighted by Crippen LogP contribution is 2.07. The minimum atomic E-state index is -3.35. The van der Waals surface area contributed by atoms with Crippen LogP contribution in [0.5, 0.6) is 0 Å². The minimum Gasteiger partial charge on any atom is -0.451 e. The molecule has 0 aliphatic carbocycles. The van der Waals surface area contributed by atoms with Gasteiger partial charge in [-0.3, -0.25) is 9.59 Å². The summed E-state index contributed by atoms with van der Waals surface area (Å²) >= 11 is 0. The summed E-state index contributed by atoms with van der Waals surface area (Å²) in [5, 5.41) is 5.02. The summed E-state index contributed by atoms with van der Waals surface area (Å²) in [6.45, 7) is 5.32. The van der Waals surface area contributed by atoms with Crippen LogP contribution in [-0.4, -0.2) is 56.9 Å². The minimum absolute atomic E-state index is 0.155. The van der Waals surface area contributed by atoms with Crippen molar-refractivity contribution in [3.05, 3.63) is 35.4 Å². The van der Waals surface area contributed by atoms with Crippen LogP contribution in [0.15, 0.2) is 24.3 Å². The van der Waals surface area contributed by atoms with Crippen LogP contribution in [0, 0.1) is 6.92 Å². The number of benzene rings is 1. The molecule has 2 atom stereocenters. The molecule has 1 rings (SSSR count). The van der Waals surface area contributed by atoms with Gasteiger partial charge in [-0.25, -0.2) is 13.2 Å². The third-order valence-electron chi connectivity index (χ3n) is 3.66. The van der Waals surface area contributed by atoms with Gasteiger partial charge in [0.05, 0.1) is 5.75 Å². The van der Waals surface area contributed by atoms with Crippen molar-refractivity contribution in [3.63, 3.8) is 0 Å². The fourth-order valence-corrected chi connectivity index (χ4v) is 2.90. The molecule has 27 heavy (non-hydrogen) atoms. The van der Waals surface area contributed by atoms with E-state index in [1.54, 1.807) is 25.1 Å². The zero-order valence-corrected chi connectivity index (χ0v) is 16.8. The number of amides is 2. The summed E-state index contributed by atoms with van der Waals surface area (Å²) in [6.07, 6.45) is -0.180. The van der Waals surface area contributed by atoms with Crippen molar-refractivity contribution in [2.45, 2.75) is 39.3 Å². The maximum Gasteiger partial charge on any atom is 0.329 e. The van der Waals surface area contributed by atoms with E-state index in [1.807, 2.05) is 13.0 Å². The van der Waals surface area contributed by atoms with Gasteiger partial charge in [0.15, 0.2) is 6.10 Å². The van der Waals surface area contributed by atoms with E-state index in [-0.39, 0.29) is 12.2 Å². The number of carbonyl (C=O) groups is 3. The first-order chi connectivity index (χ1) is 12.5. The number of sulfone groups is 1. The molecule has 1 aromatic carbocycles. The molecule has 0 radical (unpaired) electrons. The average Bonchev–Trinajstić information content (AvgIpc) is 2.57. The average molecular weight is 398 g/mol. The summed E-state index contributed by atoms with van der Waals surface area (Å²) in [6, 6.07) is 5.56. The van der Waals surface area contributed by atoms with E-state index in [2.05, 4.69) is 10.6 Å². The van der Waals surface area contributed by atoms with Crippen molar-refractivity contribution in [2.24, 2.45) is 0 Å². The molecule has 2 N–H and O–H groups in total. The molecule has 0 saturated carbocycles. The Hall–Kier alpha value is -2.42. The SMILES string of the molecule is CCNC(=O)[C@@H](C)OC(=O)[C@H](CCS(C)(=O)=O)NC(=O)c1cccc(C)c1. The quantitative estimate of drug-likeness (QED) is 0.588. The third kappa shape index (κ3) is 8.21. The number of likely N-dealkylation sites (N-methyl/N-ethyl adjacent to an activating group) is 1. The molecule has 8 nitrogen and oxygen atoms in total. The van der Waals surface area contributed by atoms with E-state index in [9.17, 15) is 22.8 Å². The van der Waals surface area contributed by atoms with E-state index >= 15 is 0 Å². The molecular weight excluding hydrogens is 372 g/mol. The lowest BCUT2D eigenvalue weighted by Crippen LogP contribution is -2.45. The fraction of sp³-hybridized carbons (Fsp3) is 0.500. The van der Waals surface area contributed by atoms with Crippen molar-refractivity contribution in [1.82, 2.24) is 10.6 Å². The maximum atomic E-state index is 12.4. The first kappa shape index (κ1) is 22.6. The molecule has 1 aromatic rings. The lowest BCUT2D eigenvalue weighted by atomic mass is 10.1. The van der Waals surface area contributed by atoms with Crippen LogP contribution in [0.2, 0.25) is 0 Å². The second kappa shape index (κ2) is 10.1. The van der Waals surface area contributed by atoms with Gasteiger partial charge in [-0.2, -0.15) is 0 Å². The zero-order chi connectivity index (χ0) is 20.6. The predicted octanol–water partition coefficient (Wildman–Crippen LogP) is 0.596. The summed E-state index contributed by atoms with van der Waals surface area (Å²) in [7, 11) is -3.35. The van der Waals surface area contributed by atoms with Crippen LogP contribution in [0.1, 0.15) is 36.2 Å². The Morgan fingerprint density at radius 2 is 1.89 bits per heavy atom. The number of esters is 1. The monoisotopic (exact) mass is 398 g/mol. The molecule has 0 aliphatic heterocycles. The summed E-state index contributed by atoms with van der Waals surface area (Å²) in [5.41, 5.74) is 1.20. The van der Waals surface area contributed by atoms with Crippen LogP contribution >= 0.6 is 0 Å². The predicted molar refractivity (Wildman–Crippen MR) is 101 cm³/mol. The van der Waals surface area contributed by atoms with Gasteiger partial charge in [-0.1, -0.05) is 17.7 Å². The largest absolute Gasteiger partial charge is 0.451 e. The topological polar surface area (TPSA) is 119 Å². The maximum absolute atomic E-state index is 12.4. The highest BCUT2D eigenvalue weighted by Gasteiger charge is 2.27. The van der Waals surface area contributed by atoms with E-state index in [1.165, 1.54) is 6.92 Å². The fourth-order valence-electron chi connectivity index (χ4n) is 2.24. The number of hydrogen-bond donors (Lipinski definition) is 2. The molecule has 150 valence electrons. The molecule has 0 saturated heterocycles. The Kier molecular flexibility index (Phi) is 8.42. The van der Waals surface area contributed by atoms with Gasteiger partial charge in [-0.05, 0) is 39.3 Å². The van der Waals surface area contributed by atoms with Crippen LogP contribution in [0.25, 0.3) is 0 Å². The van der Waals surface area contributed by atoms with E-state index in [0.29, 0.717) is 12.1 Å². The van der Waals surface area contributed by atoms with E-state index < -0.39 is 39.8 Å². The van der Waals surface area contributed by atoms with Gasteiger partial charge in [0.1, 0.15) is 15.9 Å². The molecule has 0 aliphatic rings. The first-order valence-corrected chi connectivity index (χ1v) is 10.6. The molecule has 0 bridgehead atoms. The Morgan fingerprint density at radius 1 is 1.22 bits per heavy atom. The standard InChI is InChI=1S/C18H26N2O6S/c1-5-19-16(21)13(3)26-18(23)15(9-10-27(4,24)25)20-17(22)14-8-6-7-12(2)11-14/h6-8,11,13,15H,5,9-10H2,1-4H3,(H,19,21)(H,20,22)/t13-,15+/m1/s1. The van der Waals surface area contributed by atoms with Crippen molar-refractivity contribution < 1.29 is 27.5 Å². The molecule has 0 fully saturated rings. The summed E-state index contributed by atoms with van der Waals surface area (Å²) in [5.74, 6) is -2.17. The van der Waals surface area contributed by atoms with Crippen LogP contribution < -0.4 is 10.6 Å². The number of aryl methyl sites for hydroxylation is 1. The number of carbonyl (C=O) groups excluding carboxylic acids is 3. The number of rotatable bonds is 9. The van der Waals surface area contributed by atoms with Crippen molar-refractivity contribution in [3.8, 4) is 0 Å². The molecular formula is C18H26N2O6S. The second-order valence-electron chi connectivity index (χ2n) is 6.29. The van der Waals surface area contributed by atoms with Crippen LogP contribution in [0.4, 0.5) is 0 Å². The van der Waals surface area contributed by atoms with Gasteiger partial charge < -0.3 is 15.4 Å². The molecule has 2 amide bonds. The molecule has 0 spiro atoms. The molecule has 0 aromatic heterocycles. The highest BCUT2D eigenvalue weighted by molar-refractivity contribution is 7.90. The smallest absolute Gasteiger partial charge is 0.329 e. The Labute approximate surface area is 159 Å². The Balaban J connectivity index is 2.89. The van der Waals surface area contributed by atoms with Crippen molar-refractivity contribution in [1.29, 1.82) is 0 Å². The number of ether oxygens (including phenoxy) is 1. The van der Waals surface area contributed by atoms with Crippen molar-refractivity contribution >= 4 is 27.6 Å². The van der Waals surface area contributed by atoms with Crippen LogP contribution in [0.3, 0.4) is 0 Å². The molecule has 9 heteroatoms. The summed E-state index contributed by atoms with van der Waals surface area (Å²) < 4.78 is 28.0. The number of nitrogens with one attached hydrogen (secondary N) is 2. The molecule has 0 unspecified atom stereocenters. The Bertz CT molecular complexity index is 791. The highest BCUT2D eigenvalue weighted by atomic mass is 32.2. The van der Waals surface area contributed by atoms with Crippen LogP contribution in [-0.2, 0) is 24.2 Å². The zero-order valence-electron chi connectivity index (χ0n) is 15.9. The first-order valence-electron chi connectivity index (χ1n) is 8.57. The van der Waals surface area contributed by atoms with E-state index in [0.717, 1.165) is 11.8 Å². The summed E-state index contributed by atoms with van der Waals surface area (Å²) in [4.78, 5) is 36.5. The van der Waals surface area contributed by atoms with Gasteiger partial charge in [-0.15, -0.1) is 0 Å². The lowest BCUT2D eigenvalue weighted by molar-refractivity contribution is -0.156. The second-order valence-corrected chi connectivity index (χ2v) is 8.55. The molecule has 0 heterocycles. The van der Waals surface area contributed by atoms with Gasteiger partial charge in [0, 0.05) is 18.4 Å². The normalized spacial score (nSPS) is 13.3. The van der Waals surface area contributed by atoms with Gasteiger partial charge in [0.2, 0.25) is 0 Å². The lowest BCUT2D eigenvalue weighted by Gasteiger charge is -2.20. The van der Waals surface area contributed by atoms with Gasteiger partial charge in [0.25, 0.3) is 11.8 Å². The van der Waals surface area contributed by atoms with Crippen molar-refractivity contribution in [2.75, 3.05) is 18.6 Å².